The van der Waals surface area contributed by atoms with Gasteiger partial charge in [-0.1, -0.05) is 0 Å². The number of piperidine rings is 1. The molecular weight excluding hydrogens is 344 g/mol. The predicted octanol–water partition coefficient (Wildman–Crippen LogP) is 1.86. The molecule has 7 nitrogen and oxygen atoms in total. The van der Waals surface area contributed by atoms with Crippen LogP contribution in [0, 0.1) is 5.92 Å². The standard InChI is InChI=1S/C20H22N4O3/c1-27-18-9-15(6-8-22-18)20(26)24-12-14-4-5-17(24)13-23(11-14)19(25)16-3-2-7-21-10-16/h2-3,6-10,14,17H,4-5,11-13H2,1H3. The third kappa shape index (κ3) is 3.49. The molecule has 0 spiro atoms. The summed E-state index contributed by atoms with van der Waals surface area (Å²) in [5.74, 6) is 0.673. The van der Waals surface area contributed by atoms with Crippen molar-refractivity contribution in [1.29, 1.82) is 0 Å². The average molecular weight is 366 g/mol. The zero-order valence-electron chi connectivity index (χ0n) is 15.2. The van der Waals surface area contributed by atoms with E-state index in [0.717, 1.165) is 12.8 Å². The second-order valence-electron chi connectivity index (χ2n) is 7.09. The molecule has 3 aliphatic heterocycles. The van der Waals surface area contributed by atoms with Crippen LogP contribution in [0.4, 0.5) is 0 Å². The second-order valence-corrected chi connectivity index (χ2v) is 7.09. The minimum atomic E-state index is -0.0268. The van der Waals surface area contributed by atoms with Gasteiger partial charge < -0.3 is 14.5 Å². The van der Waals surface area contributed by atoms with E-state index >= 15 is 0 Å². The Bertz CT molecular complexity index is 842. The third-order valence-electron chi connectivity index (χ3n) is 5.36. The van der Waals surface area contributed by atoms with Gasteiger partial charge in [-0.15, -0.1) is 0 Å². The smallest absolute Gasteiger partial charge is 0.255 e. The molecule has 2 aromatic rings. The van der Waals surface area contributed by atoms with Crippen molar-refractivity contribution in [3.8, 4) is 5.88 Å². The van der Waals surface area contributed by atoms with Crippen LogP contribution in [0.2, 0.25) is 0 Å². The van der Waals surface area contributed by atoms with E-state index in [4.69, 9.17) is 4.74 Å². The van der Waals surface area contributed by atoms with Crippen molar-refractivity contribution in [3.63, 3.8) is 0 Å². The number of pyridine rings is 2. The molecule has 7 heteroatoms. The van der Waals surface area contributed by atoms with Gasteiger partial charge in [-0.3, -0.25) is 14.6 Å². The van der Waals surface area contributed by atoms with Gasteiger partial charge in [0, 0.05) is 55.9 Å². The first kappa shape index (κ1) is 17.5. The first-order valence-corrected chi connectivity index (χ1v) is 9.16. The van der Waals surface area contributed by atoms with Gasteiger partial charge >= 0.3 is 0 Å². The summed E-state index contributed by atoms with van der Waals surface area (Å²) in [5.41, 5.74) is 1.16. The molecule has 2 atom stereocenters. The van der Waals surface area contributed by atoms with Crippen LogP contribution in [0.1, 0.15) is 33.6 Å². The lowest BCUT2D eigenvalue weighted by atomic mass is 9.94. The van der Waals surface area contributed by atoms with Gasteiger partial charge in [0.2, 0.25) is 5.88 Å². The summed E-state index contributed by atoms with van der Waals surface area (Å²) in [5, 5.41) is 0. The van der Waals surface area contributed by atoms with Gasteiger partial charge in [0.25, 0.3) is 11.8 Å². The Morgan fingerprint density at radius 1 is 1.07 bits per heavy atom. The van der Waals surface area contributed by atoms with Crippen LogP contribution >= 0.6 is 0 Å². The van der Waals surface area contributed by atoms with Crippen LogP contribution in [0.5, 0.6) is 5.88 Å². The fraction of sp³-hybridized carbons (Fsp3) is 0.400. The lowest BCUT2D eigenvalue weighted by Crippen LogP contribution is -2.47. The van der Waals surface area contributed by atoms with E-state index in [0.29, 0.717) is 36.6 Å². The number of hydrogen-bond acceptors (Lipinski definition) is 5. The number of hydrogen-bond donors (Lipinski definition) is 0. The van der Waals surface area contributed by atoms with E-state index in [1.807, 2.05) is 9.80 Å². The fourth-order valence-electron chi connectivity index (χ4n) is 3.99. The number of fused-ring (bicyclic) bond motifs is 4. The van der Waals surface area contributed by atoms with Crippen molar-refractivity contribution >= 4 is 11.8 Å². The molecule has 0 aliphatic carbocycles. The van der Waals surface area contributed by atoms with E-state index in [9.17, 15) is 9.59 Å². The maximum Gasteiger partial charge on any atom is 0.255 e. The highest BCUT2D eigenvalue weighted by atomic mass is 16.5. The summed E-state index contributed by atoms with van der Waals surface area (Å²) in [6.45, 7) is 1.90. The molecule has 0 saturated carbocycles. The van der Waals surface area contributed by atoms with Crippen LogP contribution in [-0.4, -0.2) is 64.4 Å². The van der Waals surface area contributed by atoms with Crippen molar-refractivity contribution < 1.29 is 14.3 Å². The van der Waals surface area contributed by atoms with E-state index < -0.39 is 0 Å². The van der Waals surface area contributed by atoms with E-state index in [1.54, 1.807) is 42.9 Å². The number of rotatable bonds is 3. The Morgan fingerprint density at radius 2 is 1.96 bits per heavy atom. The van der Waals surface area contributed by atoms with Gasteiger partial charge in [-0.05, 0) is 37.0 Å². The Morgan fingerprint density at radius 3 is 2.74 bits per heavy atom. The van der Waals surface area contributed by atoms with Crippen molar-refractivity contribution in [2.45, 2.75) is 18.9 Å². The normalized spacial score (nSPS) is 21.7. The van der Waals surface area contributed by atoms with Gasteiger partial charge in [0.05, 0.1) is 12.7 Å². The molecular formula is C20H22N4O3. The van der Waals surface area contributed by atoms with Crippen molar-refractivity contribution in [2.24, 2.45) is 5.92 Å². The summed E-state index contributed by atoms with van der Waals surface area (Å²) in [4.78, 5) is 37.9. The van der Waals surface area contributed by atoms with Gasteiger partial charge in [-0.25, -0.2) is 4.98 Å². The maximum absolute atomic E-state index is 13.1. The number of ether oxygens (including phenoxy) is 1. The molecule has 3 saturated heterocycles. The molecule has 5 rings (SSSR count). The highest BCUT2D eigenvalue weighted by molar-refractivity contribution is 5.95. The minimum Gasteiger partial charge on any atom is -0.481 e. The van der Waals surface area contributed by atoms with Gasteiger partial charge in [0.15, 0.2) is 0 Å². The van der Waals surface area contributed by atoms with E-state index in [2.05, 4.69) is 9.97 Å². The molecule has 2 bridgehead atoms. The molecule has 0 radical (unpaired) electrons. The molecule has 2 amide bonds. The number of nitrogens with zero attached hydrogens (tertiary/aromatic N) is 4. The van der Waals surface area contributed by atoms with Crippen LogP contribution in [0.15, 0.2) is 42.9 Å². The summed E-state index contributed by atoms with van der Waals surface area (Å²) in [6, 6.07) is 6.96. The molecule has 2 aromatic heterocycles. The average Bonchev–Trinajstić information content (AvgIpc) is 3.05. The third-order valence-corrected chi connectivity index (χ3v) is 5.36. The SMILES string of the molecule is COc1cc(C(=O)N2CC3CCC2CN(C(=O)c2cccnc2)C3)ccn1. The largest absolute Gasteiger partial charge is 0.481 e. The predicted molar refractivity (Wildman–Crippen MR) is 98.5 cm³/mol. The molecule has 140 valence electrons. The van der Waals surface area contributed by atoms with Crippen molar-refractivity contribution in [3.05, 3.63) is 54.0 Å². The van der Waals surface area contributed by atoms with E-state index in [-0.39, 0.29) is 23.8 Å². The van der Waals surface area contributed by atoms with Crippen LogP contribution in [-0.2, 0) is 0 Å². The topological polar surface area (TPSA) is 75.6 Å². The Balaban J connectivity index is 1.54. The number of methoxy groups -OCH3 is 1. The molecule has 5 heterocycles. The first-order chi connectivity index (χ1) is 13.2. The first-order valence-electron chi connectivity index (χ1n) is 9.16. The number of carbonyl (C=O) groups excluding carboxylic acids is 2. The lowest BCUT2D eigenvalue weighted by Gasteiger charge is -2.36. The van der Waals surface area contributed by atoms with Crippen LogP contribution in [0.3, 0.4) is 0 Å². The Kier molecular flexibility index (Phi) is 4.75. The quantitative estimate of drug-likeness (QED) is 0.829. The second kappa shape index (κ2) is 7.34. The van der Waals surface area contributed by atoms with Crippen molar-refractivity contribution in [2.75, 3.05) is 26.7 Å². The van der Waals surface area contributed by atoms with Crippen LogP contribution in [0.25, 0.3) is 0 Å². The minimum absolute atomic E-state index is 0.0140. The highest BCUT2D eigenvalue weighted by Gasteiger charge is 2.39. The van der Waals surface area contributed by atoms with Gasteiger partial charge in [-0.2, -0.15) is 0 Å². The monoisotopic (exact) mass is 366 g/mol. The molecule has 0 N–H and O–H groups in total. The Labute approximate surface area is 158 Å². The van der Waals surface area contributed by atoms with Gasteiger partial charge in [0.1, 0.15) is 0 Å². The van der Waals surface area contributed by atoms with Crippen LogP contribution < -0.4 is 4.74 Å². The van der Waals surface area contributed by atoms with E-state index in [1.165, 1.54) is 7.11 Å². The number of amides is 2. The summed E-state index contributed by atoms with van der Waals surface area (Å²) in [7, 11) is 1.53. The fourth-order valence-corrected chi connectivity index (χ4v) is 3.99. The number of aromatic nitrogens is 2. The molecule has 27 heavy (non-hydrogen) atoms. The van der Waals surface area contributed by atoms with Crippen molar-refractivity contribution in [1.82, 2.24) is 19.8 Å². The number of carbonyl (C=O) groups is 2. The molecule has 2 unspecified atom stereocenters. The Hall–Kier alpha value is -2.96. The highest BCUT2D eigenvalue weighted by Crippen LogP contribution is 2.30. The maximum atomic E-state index is 13.1. The molecule has 0 aromatic carbocycles. The zero-order valence-corrected chi connectivity index (χ0v) is 15.2. The molecule has 3 fully saturated rings. The zero-order chi connectivity index (χ0) is 18.8. The summed E-state index contributed by atoms with van der Waals surface area (Å²) in [6.07, 6.45) is 6.79. The summed E-state index contributed by atoms with van der Waals surface area (Å²) < 4.78 is 5.14. The lowest BCUT2D eigenvalue weighted by molar-refractivity contribution is 0.0574. The molecule has 3 aliphatic rings. The summed E-state index contributed by atoms with van der Waals surface area (Å²) >= 11 is 0.